The van der Waals surface area contributed by atoms with Crippen LogP contribution in [0.5, 0.6) is 0 Å². The summed E-state index contributed by atoms with van der Waals surface area (Å²) in [7, 11) is 0. The van der Waals surface area contributed by atoms with Crippen molar-refractivity contribution in [1.29, 1.82) is 0 Å². The molecule has 0 unspecified atom stereocenters. The molecule has 0 atom stereocenters. The second-order valence-electron chi connectivity index (χ2n) is 6.03. The first kappa shape index (κ1) is 16.9. The van der Waals surface area contributed by atoms with Crippen LogP contribution in [0.1, 0.15) is 17.4 Å². The Hall–Kier alpha value is -3.54. The third-order valence-corrected chi connectivity index (χ3v) is 4.31. The van der Waals surface area contributed by atoms with Crippen molar-refractivity contribution in [2.45, 2.75) is 6.92 Å². The van der Waals surface area contributed by atoms with Crippen molar-refractivity contribution in [3.05, 3.63) is 78.5 Å². The fourth-order valence-electron chi connectivity index (χ4n) is 3.11. The second kappa shape index (κ2) is 6.99. The summed E-state index contributed by atoms with van der Waals surface area (Å²) in [4.78, 5) is 16.5. The minimum absolute atomic E-state index is 0.197. The molecule has 0 saturated carbocycles. The Labute approximate surface area is 155 Å². The molecule has 0 fully saturated rings. The van der Waals surface area contributed by atoms with Gasteiger partial charge in [0.05, 0.1) is 5.52 Å². The van der Waals surface area contributed by atoms with E-state index in [2.05, 4.69) is 10.3 Å². The summed E-state index contributed by atoms with van der Waals surface area (Å²) in [6.45, 7) is 2.39. The minimum Gasteiger partial charge on any atom is -0.351 e. The zero-order valence-corrected chi connectivity index (χ0v) is 14.7. The van der Waals surface area contributed by atoms with Crippen LogP contribution in [-0.2, 0) is 0 Å². The van der Waals surface area contributed by atoms with E-state index < -0.39 is 0 Å². The Morgan fingerprint density at radius 3 is 2.48 bits per heavy atom. The summed E-state index contributed by atoms with van der Waals surface area (Å²) in [5, 5.41) is 7.52. The van der Waals surface area contributed by atoms with Crippen molar-refractivity contribution in [2.24, 2.45) is 0 Å². The molecule has 0 radical (unpaired) electrons. The molecule has 4 rings (SSSR count). The highest BCUT2D eigenvalue weighted by atomic mass is 19.1. The largest absolute Gasteiger partial charge is 0.351 e. The van der Waals surface area contributed by atoms with Crippen molar-refractivity contribution in [3.63, 3.8) is 0 Å². The maximum Gasteiger partial charge on any atom is 0.269 e. The average Bonchev–Trinajstić information content (AvgIpc) is 3.09. The number of aromatic nitrogens is 3. The van der Waals surface area contributed by atoms with E-state index in [0.717, 1.165) is 22.2 Å². The molecule has 5 nitrogen and oxygen atoms in total. The lowest BCUT2D eigenvalue weighted by Gasteiger charge is -2.05. The number of carbonyl (C=O) groups excluding carboxylic acids is 1. The number of pyridine rings is 2. The molecule has 1 amide bonds. The molecule has 134 valence electrons. The molecule has 0 bridgehead atoms. The number of halogens is 1. The summed E-state index contributed by atoms with van der Waals surface area (Å²) in [6.07, 6.45) is 3.42. The van der Waals surface area contributed by atoms with Crippen LogP contribution in [0.15, 0.2) is 67.0 Å². The van der Waals surface area contributed by atoms with Crippen LogP contribution in [0.4, 0.5) is 4.39 Å². The molecule has 0 saturated heterocycles. The van der Waals surface area contributed by atoms with Crippen LogP contribution in [0.3, 0.4) is 0 Å². The first-order chi connectivity index (χ1) is 13.2. The van der Waals surface area contributed by atoms with Gasteiger partial charge >= 0.3 is 0 Å². The Morgan fingerprint density at radius 2 is 1.78 bits per heavy atom. The molecule has 6 heteroatoms. The van der Waals surface area contributed by atoms with Gasteiger partial charge in [-0.2, -0.15) is 5.10 Å². The Balaban J connectivity index is 2.02. The van der Waals surface area contributed by atoms with Crippen LogP contribution in [0.25, 0.3) is 27.9 Å². The van der Waals surface area contributed by atoms with Gasteiger partial charge in [-0.25, -0.2) is 8.91 Å². The Kier molecular flexibility index (Phi) is 4.38. The minimum atomic E-state index is -0.309. The first-order valence-corrected chi connectivity index (χ1v) is 8.65. The first-order valence-electron chi connectivity index (χ1n) is 8.65. The highest BCUT2D eigenvalue weighted by molar-refractivity contribution is 5.97. The third kappa shape index (κ3) is 3.06. The van der Waals surface area contributed by atoms with Gasteiger partial charge in [-0.3, -0.25) is 9.78 Å². The molecule has 0 spiro atoms. The van der Waals surface area contributed by atoms with Crippen LogP contribution in [0.2, 0.25) is 0 Å². The topological polar surface area (TPSA) is 59.3 Å². The molecule has 0 aliphatic heterocycles. The Bertz CT molecular complexity index is 1100. The number of hydrogen-bond donors (Lipinski definition) is 1. The van der Waals surface area contributed by atoms with E-state index in [1.165, 1.54) is 12.1 Å². The molecule has 3 heterocycles. The number of nitrogens with one attached hydrogen (secondary N) is 1. The summed E-state index contributed by atoms with van der Waals surface area (Å²) in [5.41, 5.74) is 4.48. The van der Waals surface area contributed by atoms with Gasteiger partial charge in [0.1, 0.15) is 17.2 Å². The van der Waals surface area contributed by atoms with Crippen LogP contribution in [0, 0.1) is 5.82 Å². The molecule has 3 aromatic heterocycles. The van der Waals surface area contributed by atoms with Gasteiger partial charge in [0.25, 0.3) is 5.91 Å². The van der Waals surface area contributed by atoms with E-state index in [1.54, 1.807) is 35.1 Å². The molecular weight excluding hydrogens is 343 g/mol. The molecule has 1 aromatic carbocycles. The summed E-state index contributed by atoms with van der Waals surface area (Å²) in [5.74, 6) is -0.506. The van der Waals surface area contributed by atoms with Gasteiger partial charge in [-0.1, -0.05) is 6.07 Å². The van der Waals surface area contributed by atoms with Gasteiger partial charge in [-0.05, 0) is 61.0 Å². The normalized spacial score (nSPS) is 10.9. The molecule has 0 aliphatic carbocycles. The number of hydrogen-bond acceptors (Lipinski definition) is 3. The summed E-state index contributed by atoms with van der Waals surface area (Å²) < 4.78 is 15.0. The molecule has 4 aromatic rings. The standard InChI is InChI=1S/C21H17FN4O/c1-2-24-21(27)18-5-3-4-17-19(14-10-12-23-13-11-14)20(25-26(17)18)15-6-8-16(22)9-7-15/h3-13H,2H2,1H3,(H,24,27). The molecule has 27 heavy (non-hydrogen) atoms. The Morgan fingerprint density at radius 1 is 1.04 bits per heavy atom. The van der Waals surface area contributed by atoms with Gasteiger partial charge in [0, 0.05) is 30.1 Å². The van der Waals surface area contributed by atoms with Gasteiger partial charge < -0.3 is 5.32 Å². The van der Waals surface area contributed by atoms with Crippen LogP contribution >= 0.6 is 0 Å². The van der Waals surface area contributed by atoms with Crippen molar-refractivity contribution in [1.82, 2.24) is 19.9 Å². The van der Waals surface area contributed by atoms with E-state index in [4.69, 9.17) is 5.10 Å². The van der Waals surface area contributed by atoms with Crippen molar-refractivity contribution < 1.29 is 9.18 Å². The number of rotatable bonds is 4. The van der Waals surface area contributed by atoms with Crippen molar-refractivity contribution >= 4 is 11.4 Å². The van der Waals surface area contributed by atoms with E-state index in [0.29, 0.717) is 17.9 Å². The molecular formula is C21H17FN4O. The zero-order valence-electron chi connectivity index (χ0n) is 14.7. The van der Waals surface area contributed by atoms with Crippen molar-refractivity contribution in [3.8, 4) is 22.4 Å². The van der Waals surface area contributed by atoms with Crippen LogP contribution in [-0.4, -0.2) is 27.0 Å². The van der Waals surface area contributed by atoms with E-state index in [1.807, 2.05) is 31.2 Å². The number of fused-ring (bicyclic) bond motifs is 1. The average molecular weight is 360 g/mol. The fraction of sp³-hybridized carbons (Fsp3) is 0.0952. The molecule has 1 N–H and O–H groups in total. The highest BCUT2D eigenvalue weighted by Crippen LogP contribution is 2.35. The monoisotopic (exact) mass is 360 g/mol. The van der Waals surface area contributed by atoms with Crippen molar-refractivity contribution in [2.75, 3.05) is 6.54 Å². The highest BCUT2D eigenvalue weighted by Gasteiger charge is 2.20. The van der Waals surface area contributed by atoms with E-state index in [-0.39, 0.29) is 11.7 Å². The summed E-state index contributed by atoms with van der Waals surface area (Å²) >= 11 is 0. The maximum absolute atomic E-state index is 13.4. The lowest BCUT2D eigenvalue weighted by molar-refractivity contribution is 0.0948. The maximum atomic E-state index is 13.4. The predicted molar refractivity (Wildman–Crippen MR) is 102 cm³/mol. The van der Waals surface area contributed by atoms with E-state index >= 15 is 0 Å². The van der Waals surface area contributed by atoms with Gasteiger partial charge in [-0.15, -0.1) is 0 Å². The fourth-order valence-corrected chi connectivity index (χ4v) is 3.11. The lowest BCUT2D eigenvalue weighted by Crippen LogP contribution is -2.25. The third-order valence-electron chi connectivity index (χ3n) is 4.31. The zero-order chi connectivity index (χ0) is 18.8. The SMILES string of the molecule is CCNC(=O)c1cccc2c(-c3ccncc3)c(-c3ccc(F)cc3)nn12. The lowest BCUT2D eigenvalue weighted by atomic mass is 10.0. The number of carbonyl (C=O) groups is 1. The van der Waals surface area contributed by atoms with Gasteiger partial charge in [0.15, 0.2) is 0 Å². The van der Waals surface area contributed by atoms with E-state index in [9.17, 15) is 9.18 Å². The predicted octanol–water partition coefficient (Wildman–Crippen LogP) is 3.95. The number of benzene rings is 1. The van der Waals surface area contributed by atoms with Crippen LogP contribution < -0.4 is 5.32 Å². The quantitative estimate of drug-likeness (QED) is 0.599. The molecule has 0 aliphatic rings. The second-order valence-corrected chi connectivity index (χ2v) is 6.03. The van der Waals surface area contributed by atoms with Gasteiger partial charge in [0.2, 0.25) is 0 Å². The number of nitrogens with zero attached hydrogens (tertiary/aromatic N) is 3. The smallest absolute Gasteiger partial charge is 0.269 e. The number of amides is 1. The summed E-state index contributed by atoms with van der Waals surface area (Å²) in [6, 6.07) is 15.4.